The fourth-order valence-corrected chi connectivity index (χ4v) is 4.81. The summed E-state index contributed by atoms with van der Waals surface area (Å²) in [6.45, 7) is 0. The van der Waals surface area contributed by atoms with Gasteiger partial charge in [0.25, 0.3) is 0 Å². The zero-order valence-corrected chi connectivity index (χ0v) is 12.4. The zero-order chi connectivity index (χ0) is 13.5. The average molecular weight is 284 g/mol. The van der Waals surface area contributed by atoms with Crippen LogP contribution in [0.25, 0.3) is 0 Å². The molecule has 1 saturated carbocycles. The van der Waals surface area contributed by atoms with E-state index in [4.69, 9.17) is 0 Å². The highest BCUT2D eigenvalue weighted by Crippen LogP contribution is 2.61. The van der Waals surface area contributed by atoms with Crippen molar-refractivity contribution in [2.75, 3.05) is 0 Å². The molecule has 4 unspecified atom stereocenters. The van der Waals surface area contributed by atoms with Crippen molar-refractivity contribution in [2.45, 2.75) is 37.7 Å². The predicted octanol–water partition coefficient (Wildman–Crippen LogP) is 4.02. The van der Waals surface area contributed by atoms with Gasteiger partial charge in [0.2, 0.25) is 0 Å². The molecule has 4 rings (SSSR count). The molecule has 0 spiro atoms. The molecule has 4 atom stereocenters. The van der Waals surface area contributed by atoms with Gasteiger partial charge < -0.3 is 5.11 Å². The lowest BCUT2D eigenvalue weighted by molar-refractivity contribution is 0.134. The SMILES string of the molecule is OC(CCc1cccs1)C1C2CCc3ccccc3C21. The lowest BCUT2D eigenvalue weighted by Crippen LogP contribution is -2.12. The highest BCUT2D eigenvalue weighted by molar-refractivity contribution is 7.09. The molecule has 2 aliphatic carbocycles. The first-order valence-electron chi connectivity index (χ1n) is 7.63. The zero-order valence-electron chi connectivity index (χ0n) is 11.5. The molecule has 1 aromatic heterocycles. The van der Waals surface area contributed by atoms with Crippen molar-refractivity contribution in [3.8, 4) is 0 Å². The van der Waals surface area contributed by atoms with Crippen LogP contribution in [0.4, 0.5) is 0 Å². The minimum Gasteiger partial charge on any atom is -0.393 e. The van der Waals surface area contributed by atoms with Gasteiger partial charge in [-0.15, -0.1) is 11.3 Å². The Morgan fingerprint density at radius 3 is 2.95 bits per heavy atom. The molecule has 1 fully saturated rings. The first kappa shape index (κ1) is 12.6. The molecule has 20 heavy (non-hydrogen) atoms. The molecule has 1 aromatic carbocycles. The van der Waals surface area contributed by atoms with E-state index in [0.717, 1.165) is 18.8 Å². The Morgan fingerprint density at radius 2 is 2.10 bits per heavy atom. The number of thiophene rings is 1. The van der Waals surface area contributed by atoms with Gasteiger partial charge in [-0.05, 0) is 66.0 Å². The van der Waals surface area contributed by atoms with E-state index in [2.05, 4.69) is 41.8 Å². The third kappa shape index (κ3) is 2.11. The molecule has 0 amide bonds. The molecule has 0 aliphatic heterocycles. The Balaban J connectivity index is 1.44. The molecule has 2 aliphatic rings. The van der Waals surface area contributed by atoms with E-state index in [1.807, 2.05) is 0 Å². The molecule has 2 aromatic rings. The molecule has 2 heteroatoms. The standard InChI is InChI=1S/C18H20OS/c19-16(10-8-13-5-3-11-20-13)18-15-9-7-12-4-1-2-6-14(12)17(15)18/h1-6,11,15-19H,7-10H2. The van der Waals surface area contributed by atoms with Crippen molar-refractivity contribution in [3.05, 3.63) is 57.8 Å². The second-order valence-corrected chi connectivity index (χ2v) is 7.22. The van der Waals surface area contributed by atoms with Gasteiger partial charge in [0, 0.05) is 4.88 Å². The second kappa shape index (κ2) is 5.01. The van der Waals surface area contributed by atoms with Crippen molar-refractivity contribution in [3.63, 3.8) is 0 Å². The summed E-state index contributed by atoms with van der Waals surface area (Å²) in [5.74, 6) is 1.89. The van der Waals surface area contributed by atoms with E-state index in [1.54, 1.807) is 11.3 Å². The van der Waals surface area contributed by atoms with Gasteiger partial charge in [0.1, 0.15) is 0 Å². The normalized spacial score (nSPS) is 28.6. The number of fused-ring (bicyclic) bond motifs is 3. The van der Waals surface area contributed by atoms with Gasteiger partial charge in [0.05, 0.1) is 6.10 Å². The molecule has 1 N–H and O–H groups in total. The molecule has 0 bridgehead atoms. The van der Waals surface area contributed by atoms with Crippen LogP contribution in [0.2, 0.25) is 0 Å². The lowest BCUT2D eigenvalue weighted by Gasteiger charge is -2.13. The van der Waals surface area contributed by atoms with Crippen molar-refractivity contribution in [1.29, 1.82) is 0 Å². The predicted molar refractivity (Wildman–Crippen MR) is 83.1 cm³/mol. The maximum absolute atomic E-state index is 10.5. The highest BCUT2D eigenvalue weighted by atomic mass is 32.1. The second-order valence-electron chi connectivity index (χ2n) is 6.19. The van der Waals surface area contributed by atoms with Crippen LogP contribution in [-0.2, 0) is 12.8 Å². The van der Waals surface area contributed by atoms with Crippen LogP contribution in [0.5, 0.6) is 0 Å². The molecular formula is C18H20OS. The summed E-state index contributed by atoms with van der Waals surface area (Å²) in [5.41, 5.74) is 3.03. The van der Waals surface area contributed by atoms with E-state index < -0.39 is 0 Å². The van der Waals surface area contributed by atoms with Crippen LogP contribution < -0.4 is 0 Å². The first-order valence-corrected chi connectivity index (χ1v) is 8.51. The van der Waals surface area contributed by atoms with E-state index in [1.165, 1.54) is 28.8 Å². The van der Waals surface area contributed by atoms with Crippen LogP contribution in [-0.4, -0.2) is 11.2 Å². The number of hydrogen-bond acceptors (Lipinski definition) is 2. The maximum atomic E-state index is 10.5. The Labute approximate surface area is 124 Å². The molecule has 1 heterocycles. The molecule has 1 nitrogen and oxygen atoms in total. The lowest BCUT2D eigenvalue weighted by atomic mass is 9.92. The summed E-state index contributed by atoms with van der Waals surface area (Å²) >= 11 is 1.80. The first-order chi connectivity index (χ1) is 9.84. The number of hydrogen-bond donors (Lipinski definition) is 1. The fourth-order valence-electron chi connectivity index (χ4n) is 4.08. The summed E-state index contributed by atoms with van der Waals surface area (Å²) in [6, 6.07) is 13.1. The highest BCUT2D eigenvalue weighted by Gasteiger charge is 2.55. The van der Waals surface area contributed by atoms with Crippen molar-refractivity contribution < 1.29 is 5.11 Å². The van der Waals surface area contributed by atoms with Crippen LogP contribution in [0.1, 0.15) is 34.8 Å². The monoisotopic (exact) mass is 284 g/mol. The van der Waals surface area contributed by atoms with Gasteiger partial charge in [-0.1, -0.05) is 30.3 Å². The van der Waals surface area contributed by atoms with E-state index in [-0.39, 0.29) is 6.10 Å². The Kier molecular flexibility index (Phi) is 3.16. The average Bonchev–Trinajstić information content (AvgIpc) is 3.00. The topological polar surface area (TPSA) is 20.2 Å². The number of aliphatic hydroxyl groups is 1. The van der Waals surface area contributed by atoms with Crippen molar-refractivity contribution in [1.82, 2.24) is 0 Å². The van der Waals surface area contributed by atoms with Crippen LogP contribution in [0.15, 0.2) is 41.8 Å². The summed E-state index contributed by atoms with van der Waals surface area (Å²) in [6.07, 6.45) is 4.28. The number of benzene rings is 1. The summed E-state index contributed by atoms with van der Waals surface area (Å²) < 4.78 is 0. The third-order valence-electron chi connectivity index (χ3n) is 5.10. The molecule has 0 saturated heterocycles. The third-order valence-corrected chi connectivity index (χ3v) is 6.04. The molecule has 0 radical (unpaired) electrons. The van der Waals surface area contributed by atoms with Gasteiger partial charge in [-0.2, -0.15) is 0 Å². The fraction of sp³-hybridized carbons (Fsp3) is 0.444. The Bertz CT molecular complexity index is 589. The minimum absolute atomic E-state index is 0.127. The summed E-state index contributed by atoms with van der Waals surface area (Å²) in [5, 5.41) is 12.7. The molecular weight excluding hydrogens is 264 g/mol. The van der Waals surface area contributed by atoms with Gasteiger partial charge in [0.15, 0.2) is 0 Å². The van der Waals surface area contributed by atoms with Gasteiger partial charge in [-0.3, -0.25) is 0 Å². The van der Waals surface area contributed by atoms with Crippen LogP contribution in [0, 0.1) is 11.8 Å². The van der Waals surface area contributed by atoms with Gasteiger partial charge >= 0.3 is 0 Å². The van der Waals surface area contributed by atoms with Crippen molar-refractivity contribution >= 4 is 11.3 Å². The van der Waals surface area contributed by atoms with E-state index in [0.29, 0.717) is 11.8 Å². The Hall–Kier alpha value is -1.12. The Morgan fingerprint density at radius 1 is 1.20 bits per heavy atom. The number of aliphatic hydroxyl groups excluding tert-OH is 1. The number of rotatable bonds is 4. The maximum Gasteiger partial charge on any atom is 0.0580 e. The van der Waals surface area contributed by atoms with Gasteiger partial charge in [-0.25, -0.2) is 0 Å². The van der Waals surface area contributed by atoms with E-state index in [9.17, 15) is 5.11 Å². The summed E-state index contributed by atoms with van der Waals surface area (Å²) in [7, 11) is 0. The largest absolute Gasteiger partial charge is 0.393 e. The van der Waals surface area contributed by atoms with Crippen LogP contribution >= 0.6 is 11.3 Å². The molecule has 104 valence electrons. The quantitative estimate of drug-likeness (QED) is 0.899. The minimum atomic E-state index is -0.127. The van der Waals surface area contributed by atoms with Crippen molar-refractivity contribution in [2.24, 2.45) is 11.8 Å². The van der Waals surface area contributed by atoms with E-state index >= 15 is 0 Å². The number of aryl methyl sites for hydroxylation is 2. The van der Waals surface area contributed by atoms with Crippen LogP contribution in [0.3, 0.4) is 0 Å². The summed E-state index contributed by atoms with van der Waals surface area (Å²) in [4.78, 5) is 1.40. The smallest absolute Gasteiger partial charge is 0.0580 e.